The lowest BCUT2D eigenvalue weighted by Crippen LogP contribution is -2.39. The van der Waals surface area contributed by atoms with Gasteiger partial charge in [0.1, 0.15) is 28.0 Å². The van der Waals surface area contributed by atoms with Crippen molar-refractivity contribution in [3.63, 3.8) is 0 Å². The Morgan fingerprint density at radius 2 is 2.10 bits per heavy atom. The zero-order valence-corrected chi connectivity index (χ0v) is 17.3. The summed E-state index contributed by atoms with van der Waals surface area (Å²) >= 11 is 4.80. The number of anilines is 1. The lowest BCUT2D eigenvalue weighted by molar-refractivity contribution is 0.169. The van der Waals surface area contributed by atoms with Crippen molar-refractivity contribution < 1.29 is 9.13 Å². The average Bonchev–Trinajstić information content (AvgIpc) is 3.40. The number of halogens is 2. The molecule has 0 saturated carbocycles. The van der Waals surface area contributed by atoms with Gasteiger partial charge in [-0.15, -0.1) is 10.2 Å². The Kier molecular flexibility index (Phi) is 4.79. The van der Waals surface area contributed by atoms with E-state index >= 15 is 0 Å². The lowest BCUT2D eigenvalue weighted by Gasteiger charge is -2.32. The van der Waals surface area contributed by atoms with Crippen LogP contribution in [0.5, 0.6) is 5.75 Å². The average molecular weight is 477 g/mol. The number of tetrazole rings is 1. The Morgan fingerprint density at radius 3 is 2.90 bits per heavy atom. The van der Waals surface area contributed by atoms with Crippen LogP contribution < -0.4 is 9.64 Å². The fraction of sp³-hybridized carbons (Fsp3) is 0.294. The SMILES string of the molecule is Fc1ccc(Br)c(OC2CCN(c3ncc4nc(-c5nn[nH]n5)sc4n3)CC2)c1. The van der Waals surface area contributed by atoms with Crippen LogP contribution in [0.15, 0.2) is 28.9 Å². The van der Waals surface area contributed by atoms with Crippen molar-refractivity contribution in [1.82, 2.24) is 35.6 Å². The van der Waals surface area contributed by atoms with E-state index in [1.807, 2.05) is 0 Å². The molecule has 0 aliphatic carbocycles. The number of nitrogens with one attached hydrogen (secondary N) is 1. The zero-order chi connectivity index (χ0) is 19.8. The number of nitrogens with zero attached hydrogens (tertiary/aromatic N) is 7. The summed E-state index contributed by atoms with van der Waals surface area (Å²) in [4.78, 5) is 16.5. The molecule has 1 aliphatic heterocycles. The summed E-state index contributed by atoms with van der Waals surface area (Å²) in [5, 5.41) is 14.5. The minimum atomic E-state index is -0.313. The highest BCUT2D eigenvalue weighted by atomic mass is 79.9. The summed E-state index contributed by atoms with van der Waals surface area (Å²) in [5.74, 6) is 1.31. The molecule has 5 rings (SSSR count). The molecule has 1 aromatic carbocycles. The molecule has 0 unspecified atom stereocenters. The fourth-order valence-electron chi connectivity index (χ4n) is 3.15. The molecule has 0 bridgehead atoms. The third kappa shape index (κ3) is 3.77. The van der Waals surface area contributed by atoms with Crippen LogP contribution in [-0.2, 0) is 0 Å². The molecule has 148 valence electrons. The molecule has 4 heterocycles. The van der Waals surface area contributed by atoms with Gasteiger partial charge in [-0.3, -0.25) is 0 Å². The maximum absolute atomic E-state index is 13.5. The van der Waals surface area contributed by atoms with Gasteiger partial charge in [-0.2, -0.15) is 5.21 Å². The third-order valence-corrected chi connectivity index (χ3v) is 6.20. The highest BCUT2D eigenvalue weighted by Gasteiger charge is 2.24. The summed E-state index contributed by atoms with van der Waals surface area (Å²) < 4.78 is 20.2. The van der Waals surface area contributed by atoms with Gasteiger partial charge in [-0.05, 0) is 33.3 Å². The quantitative estimate of drug-likeness (QED) is 0.478. The maximum atomic E-state index is 13.5. The van der Waals surface area contributed by atoms with Gasteiger partial charge in [0.25, 0.3) is 0 Å². The molecule has 9 nitrogen and oxygen atoms in total. The number of ether oxygens (including phenoxy) is 1. The number of benzene rings is 1. The molecular weight excluding hydrogens is 463 g/mol. The summed E-state index contributed by atoms with van der Waals surface area (Å²) in [6, 6.07) is 4.45. The van der Waals surface area contributed by atoms with Crippen LogP contribution in [0.3, 0.4) is 0 Å². The van der Waals surface area contributed by atoms with E-state index in [9.17, 15) is 4.39 Å². The number of rotatable bonds is 4. The standard InChI is InChI=1S/C17H14BrFN8OS/c18-11-2-1-9(19)7-13(11)28-10-3-5-27(6-4-10)17-20-8-12-15(22-17)29-16(21-12)14-23-25-26-24-14/h1-2,7-8,10H,3-6H2,(H,23,24,25,26). The van der Waals surface area contributed by atoms with Crippen molar-refractivity contribution in [2.75, 3.05) is 18.0 Å². The van der Waals surface area contributed by atoms with Crippen molar-refractivity contribution in [1.29, 1.82) is 0 Å². The van der Waals surface area contributed by atoms with Crippen LogP contribution in [0.1, 0.15) is 12.8 Å². The van der Waals surface area contributed by atoms with Gasteiger partial charge in [0, 0.05) is 32.0 Å². The maximum Gasteiger partial charge on any atom is 0.233 e. The first-order chi connectivity index (χ1) is 14.2. The van der Waals surface area contributed by atoms with E-state index in [4.69, 9.17) is 4.74 Å². The topological polar surface area (TPSA) is 106 Å². The van der Waals surface area contributed by atoms with E-state index in [1.54, 1.807) is 12.3 Å². The Labute approximate surface area is 176 Å². The van der Waals surface area contributed by atoms with E-state index in [1.165, 1.54) is 23.5 Å². The molecule has 0 atom stereocenters. The van der Waals surface area contributed by atoms with Gasteiger partial charge in [0.15, 0.2) is 5.01 Å². The highest BCUT2D eigenvalue weighted by molar-refractivity contribution is 9.10. The molecule has 29 heavy (non-hydrogen) atoms. The first-order valence-corrected chi connectivity index (χ1v) is 10.5. The lowest BCUT2D eigenvalue weighted by atomic mass is 10.1. The number of aromatic amines is 1. The van der Waals surface area contributed by atoms with E-state index in [0.717, 1.165) is 35.2 Å². The first kappa shape index (κ1) is 18.3. The van der Waals surface area contributed by atoms with Crippen molar-refractivity contribution in [2.45, 2.75) is 18.9 Å². The minimum Gasteiger partial charge on any atom is -0.489 e. The summed E-state index contributed by atoms with van der Waals surface area (Å²) in [6.45, 7) is 1.50. The van der Waals surface area contributed by atoms with Crippen molar-refractivity contribution in [3.05, 3.63) is 34.7 Å². The molecule has 1 N–H and O–H groups in total. The molecule has 0 amide bonds. The number of hydrogen-bond donors (Lipinski definition) is 1. The Bertz CT molecular complexity index is 1150. The third-order valence-electron chi connectivity index (χ3n) is 4.59. The molecule has 12 heteroatoms. The Morgan fingerprint density at radius 1 is 1.24 bits per heavy atom. The summed E-state index contributed by atoms with van der Waals surface area (Å²) in [5.41, 5.74) is 0.702. The largest absolute Gasteiger partial charge is 0.489 e. The number of H-pyrrole nitrogens is 1. The van der Waals surface area contributed by atoms with Crippen LogP contribution in [-0.4, -0.2) is 54.8 Å². The van der Waals surface area contributed by atoms with Gasteiger partial charge < -0.3 is 9.64 Å². The smallest absolute Gasteiger partial charge is 0.233 e. The second-order valence-electron chi connectivity index (χ2n) is 6.49. The van der Waals surface area contributed by atoms with E-state index in [-0.39, 0.29) is 11.9 Å². The van der Waals surface area contributed by atoms with Crippen molar-refractivity contribution >= 4 is 43.6 Å². The predicted molar refractivity (Wildman–Crippen MR) is 108 cm³/mol. The molecule has 0 spiro atoms. The summed E-state index contributed by atoms with van der Waals surface area (Å²) in [7, 11) is 0. The normalized spacial score (nSPS) is 15.2. The molecule has 1 saturated heterocycles. The Balaban J connectivity index is 1.28. The molecule has 0 radical (unpaired) electrons. The van der Waals surface area contributed by atoms with Crippen LogP contribution in [0, 0.1) is 5.82 Å². The predicted octanol–water partition coefficient (Wildman–Crippen LogP) is 3.22. The first-order valence-electron chi connectivity index (χ1n) is 8.90. The van der Waals surface area contributed by atoms with Crippen LogP contribution in [0.4, 0.5) is 10.3 Å². The van der Waals surface area contributed by atoms with Gasteiger partial charge in [-0.25, -0.2) is 19.3 Å². The number of aromatic nitrogens is 7. The van der Waals surface area contributed by atoms with Crippen LogP contribution in [0.25, 0.3) is 21.2 Å². The number of hydrogen-bond acceptors (Lipinski definition) is 9. The monoisotopic (exact) mass is 476 g/mol. The molecule has 1 fully saturated rings. The second kappa shape index (κ2) is 7.59. The number of piperidine rings is 1. The van der Waals surface area contributed by atoms with Gasteiger partial charge in [-0.1, -0.05) is 11.3 Å². The fourth-order valence-corrected chi connectivity index (χ4v) is 4.32. The van der Waals surface area contributed by atoms with Crippen LogP contribution in [0.2, 0.25) is 0 Å². The van der Waals surface area contributed by atoms with E-state index in [0.29, 0.717) is 28.0 Å². The van der Waals surface area contributed by atoms with Gasteiger partial charge in [0.05, 0.1) is 10.7 Å². The summed E-state index contributed by atoms with van der Waals surface area (Å²) in [6.07, 6.45) is 3.31. The second-order valence-corrected chi connectivity index (χ2v) is 8.33. The molecule has 1 aliphatic rings. The highest BCUT2D eigenvalue weighted by Crippen LogP contribution is 2.30. The van der Waals surface area contributed by atoms with E-state index < -0.39 is 0 Å². The molecule has 3 aromatic heterocycles. The molecule has 4 aromatic rings. The van der Waals surface area contributed by atoms with E-state index in [2.05, 4.69) is 56.4 Å². The van der Waals surface area contributed by atoms with Gasteiger partial charge in [0.2, 0.25) is 11.8 Å². The minimum absolute atomic E-state index is 0.0151. The van der Waals surface area contributed by atoms with Gasteiger partial charge >= 0.3 is 0 Å². The van der Waals surface area contributed by atoms with Crippen LogP contribution >= 0.6 is 27.3 Å². The van der Waals surface area contributed by atoms with Crippen molar-refractivity contribution in [3.8, 4) is 16.6 Å². The van der Waals surface area contributed by atoms with Crippen molar-refractivity contribution in [2.24, 2.45) is 0 Å². The number of fused-ring (bicyclic) bond motifs is 1. The molecular formula is C17H14BrFN8OS. The zero-order valence-electron chi connectivity index (χ0n) is 14.9. The number of thiazole rings is 1. The Hall–Kier alpha value is -2.73.